The van der Waals surface area contributed by atoms with E-state index >= 15 is 0 Å². The van der Waals surface area contributed by atoms with Gasteiger partial charge in [0, 0.05) is 33.2 Å². The van der Waals surface area contributed by atoms with Crippen molar-refractivity contribution in [3.63, 3.8) is 0 Å². The predicted octanol–water partition coefficient (Wildman–Crippen LogP) is 17.2. The molecule has 1 heterocycles. The summed E-state index contributed by atoms with van der Waals surface area (Å²) in [5.41, 5.74) is 14.2. The maximum atomic E-state index is 6.71. The van der Waals surface area contributed by atoms with Gasteiger partial charge in [-0.25, -0.2) is 0 Å². The van der Waals surface area contributed by atoms with Gasteiger partial charge in [-0.1, -0.05) is 206 Å². The molecular formula is C60H39NO. The van der Waals surface area contributed by atoms with Crippen LogP contribution in [0.5, 0.6) is 0 Å². The molecule has 0 unspecified atom stereocenters. The van der Waals surface area contributed by atoms with Crippen molar-refractivity contribution < 1.29 is 4.42 Å². The highest BCUT2D eigenvalue weighted by Crippen LogP contribution is 2.49. The summed E-state index contributed by atoms with van der Waals surface area (Å²) in [6.45, 7) is 0. The Morgan fingerprint density at radius 1 is 0.290 bits per heavy atom. The van der Waals surface area contributed by atoms with E-state index in [0.717, 1.165) is 61.3 Å². The van der Waals surface area contributed by atoms with Gasteiger partial charge in [-0.15, -0.1) is 0 Å². The zero-order chi connectivity index (χ0) is 41.0. The topological polar surface area (TPSA) is 16.4 Å². The summed E-state index contributed by atoms with van der Waals surface area (Å²) in [5, 5.41) is 9.64. The number of anilines is 3. The maximum Gasteiger partial charge on any atom is 0.143 e. The van der Waals surface area contributed by atoms with Gasteiger partial charge in [0.15, 0.2) is 0 Å². The second-order valence-electron chi connectivity index (χ2n) is 16.0. The second kappa shape index (κ2) is 14.8. The Morgan fingerprint density at radius 2 is 0.839 bits per heavy atom. The summed E-state index contributed by atoms with van der Waals surface area (Å²) in [6.07, 6.45) is 0. The number of nitrogens with zero attached hydrogens (tertiary/aromatic N) is 1. The van der Waals surface area contributed by atoms with E-state index < -0.39 is 0 Å². The molecule has 12 rings (SSSR count). The quantitative estimate of drug-likeness (QED) is 0.150. The number of benzene rings is 11. The van der Waals surface area contributed by atoms with E-state index in [1.807, 2.05) is 6.07 Å². The first-order valence-electron chi connectivity index (χ1n) is 21.3. The average molecular weight is 790 g/mol. The molecule has 0 aliphatic heterocycles. The zero-order valence-corrected chi connectivity index (χ0v) is 33.9. The lowest BCUT2D eigenvalue weighted by Gasteiger charge is -2.30. The fourth-order valence-electron chi connectivity index (χ4n) is 9.69. The molecule has 0 atom stereocenters. The monoisotopic (exact) mass is 789 g/mol. The third-order valence-electron chi connectivity index (χ3n) is 12.5. The average Bonchev–Trinajstić information content (AvgIpc) is 3.73. The Hall–Kier alpha value is -8.20. The first kappa shape index (κ1) is 35.7. The number of para-hydroxylation sites is 4. The fourth-order valence-corrected chi connectivity index (χ4v) is 9.69. The number of rotatable bonds is 7. The Morgan fingerprint density at radius 3 is 1.66 bits per heavy atom. The van der Waals surface area contributed by atoms with Crippen molar-refractivity contribution in [2.45, 2.75) is 0 Å². The molecule has 0 amide bonds. The van der Waals surface area contributed by atoms with Gasteiger partial charge in [0.2, 0.25) is 0 Å². The number of hydrogen-bond acceptors (Lipinski definition) is 2. The first-order chi connectivity index (χ1) is 30.8. The van der Waals surface area contributed by atoms with Crippen LogP contribution in [0, 0.1) is 0 Å². The van der Waals surface area contributed by atoms with Gasteiger partial charge in [0.05, 0.1) is 11.4 Å². The van der Waals surface area contributed by atoms with Crippen molar-refractivity contribution >= 4 is 71.3 Å². The van der Waals surface area contributed by atoms with E-state index in [1.165, 1.54) is 54.6 Å². The molecule has 0 N–H and O–H groups in total. The third kappa shape index (κ3) is 5.88. The molecule has 11 aromatic carbocycles. The number of hydrogen-bond donors (Lipinski definition) is 0. The van der Waals surface area contributed by atoms with Gasteiger partial charge in [-0.05, 0) is 90.5 Å². The van der Waals surface area contributed by atoms with Gasteiger partial charge < -0.3 is 9.32 Å². The Bertz CT molecular complexity index is 3650. The summed E-state index contributed by atoms with van der Waals surface area (Å²) in [5.74, 6) is 0. The van der Waals surface area contributed by atoms with Crippen molar-refractivity contribution in [1.82, 2.24) is 0 Å². The summed E-state index contributed by atoms with van der Waals surface area (Å²) in [4.78, 5) is 2.46. The van der Waals surface area contributed by atoms with Gasteiger partial charge in [-0.2, -0.15) is 0 Å². The van der Waals surface area contributed by atoms with Gasteiger partial charge >= 0.3 is 0 Å². The second-order valence-corrected chi connectivity index (χ2v) is 16.0. The minimum Gasteiger partial charge on any atom is -0.455 e. The smallest absolute Gasteiger partial charge is 0.143 e. The normalized spacial score (nSPS) is 11.5. The van der Waals surface area contributed by atoms with Crippen LogP contribution >= 0.6 is 0 Å². The summed E-state index contributed by atoms with van der Waals surface area (Å²) in [6, 6.07) is 85.5. The highest BCUT2D eigenvalue weighted by atomic mass is 16.3. The maximum absolute atomic E-state index is 6.71. The van der Waals surface area contributed by atoms with Crippen LogP contribution in [0.4, 0.5) is 17.1 Å². The van der Waals surface area contributed by atoms with E-state index in [4.69, 9.17) is 4.42 Å². The summed E-state index contributed by atoms with van der Waals surface area (Å²) in [7, 11) is 0. The molecule has 0 radical (unpaired) electrons. The van der Waals surface area contributed by atoms with Gasteiger partial charge in [0.25, 0.3) is 0 Å². The van der Waals surface area contributed by atoms with Gasteiger partial charge in [-0.3, -0.25) is 0 Å². The van der Waals surface area contributed by atoms with Crippen molar-refractivity contribution in [3.05, 3.63) is 237 Å². The summed E-state index contributed by atoms with van der Waals surface area (Å²) < 4.78 is 6.71. The molecule has 290 valence electrons. The highest BCUT2D eigenvalue weighted by Gasteiger charge is 2.24. The number of furan rings is 1. The van der Waals surface area contributed by atoms with Crippen LogP contribution in [0.15, 0.2) is 241 Å². The third-order valence-corrected chi connectivity index (χ3v) is 12.5. The first-order valence-corrected chi connectivity index (χ1v) is 21.3. The molecule has 0 aliphatic rings. The summed E-state index contributed by atoms with van der Waals surface area (Å²) >= 11 is 0. The Balaban J connectivity index is 1.13. The molecule has 0 bridgehead atoms. The van der Waals surface area contributed by atoms with E-state index in [9.17, 15) is 0 Å². The van der Waals surface area contributed by atoms with Crippen LogP contribution in [0.3, 0.4) is 0 Å². The molecule has 2 nitrogen and oxygen atoms in total. The van der Waals surface area contributed by atoms with E-state index in [1.54, 1.807) is 0 Å². The molecule has 2 heteroatoms. The van der Waals surface area contributed by atoms with Gasteiger partial charge in [0.1, 0.15) is 11.2 Å². The molecule has 0 saturated heterocycles. The largest absolute Gasteiger partial charge is 0.455 e. The molecule has 0 fully saturated rings. The van der Waals surface area contributed by atoms with Crippen LogP contribution < -0.4 is 4.90 Å². The lowest BCUT2D eigenvalue weighted by molar-refractivity contribution is 0.670. The SMILES string of the molecule is c1ccc(-c2cccc3cccc(-c4ccccc4N(c4cccc(-c5cccc6c5ccc5ccccc56)c4)c4ccccc4-c4cccc5c4oc4ccccc45)c23)cc1. The minimum absolute atomic E-state index is 0.882. The van der Waals surface area contributed by atoms with Crippen LogP contribution in [-0.2, 0) is 0 Å². The molecule has 0 spiro atoms. The van der Waals surface area contributed by atoms with Crippen molar-refractivity contribution in [1.29, 1.82) is 0 Å². The fraction of sp³-hybridized carbons (Fsp3) is 0. The molecule has 12 aromatic rings. The van der Waals surface area contributed by atoms with E-state index in [0.29, 0.717) is 0 Å². The lowest BCUT2D eigenvalue weighted by Crippen LogP contribution is -2.12. The molecule has 62 heavy (non-hydrogen) atoms. The molecule has 1 aromatic heterocycles. The van der Waals surface area contributed by atoms with Crippen LogP contribution in [0.2, 0.25) is 0 Å². The van der Waals surface area contributed by atoms with Crippen molar-refractivity contribution in [3.8, 4) is 44.5 Å². The number of fused-ring (bicyclic) bond motifs is 7. The van der Waals surface area contributed by atoms with Crippen molar-refractivity contribution in [2.75, 3.05) is 4.90 Å². The zero-order valence-electron chi connectivity index (χ0n) is 33.9. The Kier molecular flexibility index (Phi) is 8.53. The molecule has 0 saturated carbocycles. The molecular weight excluding hydrogens is 751 g/mol. The van der Waals surface area contributed by atoms with Crippen LogP contribution in [0.1, 0.15) is 0 Å². The Labute approximate surface area is 360 Å². The standard InChI is InChI=1S/C60H39NO/c1-2-17-40(18-3-1)47-29-13-20-42-21-14-31-53(59(42)47)50-25-6-9-34-56(50)61(57-35-10-7-26-51(57)54-32-16-33-55-52-27-8-11-36-58(52)62-60(54)55)44-23-12-22-43(39-44)46-28-15-30-48-45-24-5-4-19-41(45)37-38-49(46)48/h1-39H. The van der Waals surface area contributed by atoms with Crippen LogP contribution in [0.25, 0.3) is 98.8 Å². The highest BCUT2D eigenvalue weighted by molar-refractivity contribution is 6.14. The minimum atomic E-state index is 0.882. The predicted molar refractivity (Wildman–Crippen MR) is 263 cm³/mol. The van der Waals surface area contributed by atoms with Crippen molar-refractivity contribution in [2.24, 2.45) is 0 Å². The van der Waals surface area contributed by atoms with E-state index in [-0.39, 0.29) is 0 Å². The molecule has 0 aliphatic carbocycles. The van der Waals surface area contributed by atoms with E-state index in [2.05, 4.69) is 235 Å². The lowest BCUT2D eigenvalue weighted by atomic mass is 9.90. The van der Waals surface area contributed by atoms with Crippen LogP contribution in [-0.4, -0.2) is 0 Å².